The maximum absolute atomic E-state index is 12.3. The smallest absolute Gasteiger partial charge is 0.238 e. The Bertz CT molecular complexity index is 498. The first kappa shape index (κ1) is 16.8. The first-order valence-electron chi connectivity index (χ1n) is 7.91. The van der Waals surface area contributed by atoms with Crippen LogP contribution in [0.4, 0.5) is 5.69 Å². The Morgan fingerprint density at radius 2 is 2.32 bits per heavy atom. The van der Waals surface area contributed by atoms with Crippen LogP contribution in [0.3, 0.4) is 0 Å². The highest BCUT2D eigenvalue weighted by Crippen LogP contribution is 2.25. The summed E-state index contributed by atoms with van der Waals surface area (Å²) in [5.74, 6) is 0.763. The van der Waals surface area contributed by atoms with Crippen LogP contribution in [-0.2, 0) is 4.79 Å². The van der Waals surface area contributed by atoms with Crippen molar-refractivity contribution in [3.05, 3.63) is 24.3 Å². The second kappa shape index (κ2) is 7.61. The second-order valence-electron chi connectivity index (χ2n) is 6.32. The van der Waals surface area contributed by atoms with Crippen molar-refractivity contribution in [2.45, 2.75) is 20.3 Å². The van der Waals surface area contributed by atoms with Gasteiger partial charge >= 0.3 is 0 Å². The minimum absolute atomic E-state index is 0.0182. The Morgan fingerprint density at radius 3 is 2.95 bits per heavy atom. The third kappa shape index (κ3) is 4.71. The molecule has 0 aliphatic carbocycles. The lowest BCUT2D eigenvalue weighted by Gasteiger charge is -2.30. The van der Waals surface area contributed by atoms with Gasteiger partial charge in [-0.25, -0.2) is 0 Å². The number of likely N-dealkylation sites (N-methyl/N-ethyl adjacent to an activating group) is 1. The van der Waals surface area contributed by atoms with Gasteiger partial charge in [-0.2, -0.15) is 0 Å². The zero-order chi connectivity index (χ0) is 16.0. The Balaban J connectivity index is 1.88. The molecule has 0 radical (unpaired) electrons. The average molecular weight is 305 g/mol. The average Bonchev–Trinajstić information content (AvgIpc) is 2.93. The van der Waals surface area contributed by atoms with Crippen LogP contribution in [0.25, 0.3) is 0 Å². The van der Waals surface area contributed by atoms with Crippen LogP contribution in [-0.4, -0.2) is 50.6 Å². The van der Waals surface area contributed by atoms with Gasteiger partial charge in [0.15, 0.2) is 0 Å². The maximum Gasteiger partial charge on any atom is 0.238 e. The number of hydrogen-bond acceptors (Lipinski definition) is 4. The molecule has 0 saturated carbocycles. The van der Waals surface area contributed by atoms with E-state index in [4.69, 9.17) is 4.74 Å². The Hall–Kier alpha value is -1.59. The van der Waals surface area contributed by atoms with E-state index in [0.29, 0.717) is 6.54 Å². The molecule has 5 nitrogen and oxygen atoms in total. The van der Waals surface area contributed by atoms with E-state index in [1.165, 1.54) is 6.42 Å². The number of benzene rings is 1. The van der Waals surface area contributed by atoms with Gasteiger partial charge in [0, 0.05) is 24.8 Å². The number of nitrogens with one attached hydrogen (secondary N) is 2. The Morgan fingerprint density at radius 1 is 1.50 bits per heavy atom. The molecule has 122 valence electrons. The molecule has 1 fully saturated rings. The Labute approximate surface area is 133 Å². The predicted octanol–water partition coefficient (Wildman–Crippen LogP) is 1.96. The molecule has 2 N–H and O–H groups in total. The molecular weight excluding hydrogens is 278 g/mol. The minimum atomic E-state index is 0.0182. The Kier molecular flexibility index (Phi) is 5.80. The number of hydrogen-bond donors (Lipinski definition) is 2. The zero-order valence-electron chi connectivity index (χ0n) is 13.8. The molecule has 1 unspecified atom stereocenters. The fraction of sp³-hybridized carbons (Fsp3) is 0.588. The highest BCUT2D eigenvalue weighted by Gasteiger charge is 2.30. The minimum Gasteiger partial charge on any atom is -0.497 e. The van der Waals surface area contributed by atoms with Crippen LogP contribution in [0.1, 0.15) is 20.3 Å². The predicted molar refractivity (Wildman–Crippen MR) is 89.3 cm³/mol. The lowest BCUT2D eigenvalue weighted by atomic mass is 9.89. The van der Waals surface area contributed by atoms with E-state index >= 15 is 0 Å². The van der Waals surface area contributed by atoms with Crippen molar-refractivity contribution in [1.29, 1.82) is 0 Å². The molecule has 1 atom stereocenters. The molecule has 1 aliphatic heterocycles. The molecule has 0 bridgehead atoms. The highest BCUT2D eigenvalue weighted by atomic mass is 16.5. The number of carbonyl (C=O) groups excluding carboxylic acids is 1. The summed E-state index contributed by atoms with van der Waals surface area (Å²) in [5.41, 5.74) is 1.04. The van der Waals surface area contributed by atoms with Gasteiger partial charge in [-0.1, -0.05) is 19.9 Å². The van der Waals surface area contributed by atoms with Crippen LogP contribution < -0.4 is 15.4 Å². The fourth-order valence-electron chi connectivity index (χ4n) is 2.93. The molecule has 1 aliphatic rings. The third-order valence-electron chi connectivity index (χ3n) is 4.23. The topological polar surface area (TPSA) is 53.6 Å². The van der Waals surface area contributed by atoms with E-state index in [2.05, 4.69) is 29.4 Å². The summed E-state index contributed by atoms with van der Waals surface area (Å²) in [6.45, 7) is 8.73. The lowest BCUT2D eigenvalue weighted by molar-refractivity contribution is -0.117. The van der Waals surface area contributed by atoms with Gasteiger partial charge in [0.2, 0.25) is 5.91 Å². The molecule has 2 rings (SSSR count). The molecule has 1 amide bonds. The van der Waals surface area contributed by atoms with Gasteiger partial charge in [-0.15, -0.1) is 0 Å². The normalized spacial score (nSPS) is 21.1. The summed E-state index contributed by atoms with van der Waals surface area (Å²) in [6, 6.07) is 7.44. The number of ether oxygens (including phenoxy) is 1. The summed E-state index contributed by atoms with van der Waals surface area (Å²) in [4.78, 5) is 14.5. The maximum atomic E-state index is 12.3. The van der Waals surface area contributed by atoms with Crippen molar-refractivity contribution >= 4 is 11.6 Å². The van der Waals surface area contributed by atoms with Gasteiger partial charge in [0.05, 0.1) is 13.7 Å². The van der Waals surface area contributed by atoms with Gasteiger partial charge in [0.1, 0.15) is 5.75 Å². The van der Waals surface area contributed by atoms with Crippen LogP contribution in [0.15, 0.2) is 24.3 Å². The molecule has 0 aromatic heterocycles. The van der Waals surface area contributed by atoms with Crippen LogP contribution in [0, 0.1) is 5.41 Å². The lowest BCUT2D eigenvalue weighted by Crippen LogP contribution is -2.41. The SMILES string of the molecule is CCN(CC(=O)Nc1cccc(OC)c1)CC1(C)CCNC1. The van der Waals surface area contributed by atoms with E-state index in [1.807, 2.05) is 24.3 Å². The standard InChI is InChI=1S/C17H27N3O2/c1-4-20(13-17(2)8-9-18-12-17)11-16(21)19-14-6-5-7-15(10-14)22-3/h5-7,10,18H,4,8-9,11-13H2,1-3H3,(H,19,21). The molecule has 1 heterocycles. The summed E-state index contributed by atoms with van der Waals surface area (Å²) in [7, 11) is 1.62. The number of methoxy groups -OCH3 is 1. The van der Waals surface area contributed by atoms with Gasteiger partial charge in [0.25, 0.3) is 0 Å². The summed E-state index contributed by atoms with van der Waals surface area (Å²) < 4.78 is 5.17. The molecule has 1 saturated heterocycles. The van der Waals surface area contributed by atoms with E-state index in [1.54, 1.807) is 7.11 Å². The monoisotopic (exact) mass is 305 g/mol. The van der Waals surface area contributed by atoms with Crippen molar-refractivity contribution in [1.82, 2.24) is 10.2 Å². The molecule has 0 spiro atoms. The summed E-state index contributed by atoms with van der Waals surface area (Å²) in [5, 5.41) is 6.35. The molecule has 1 aromatic carbocycles. The number of amides is 1. The number of rotatable bonds is 7. The van der Waals surface area contributed by atoms with Crippen molar-refractivity contribution in [3.63, 3.8) is 0 Å². The van der Waals surface area contributed by atoms with Crippen molar-refractivity contribution in [2.75, 3.05) is 45.2 Å². The quantitative estimate of drug-likeness (QED) is 0.808. The van der Waals surface area contributed by atoms with Crippen LogP contribution in [0.2, 0.25) is 0 Å². The van der Waals surface area contributed by atoms with Crippen molar-refractivity contribution in [3.8, 4) is 5.75 Å². The van der Waals surface area contributed by atoms with Crippen LogP contribution >= 0.6 is 0 Å². The van der Waals surface area contributed by atoms with Gasteiger partial charge in [-0.3, -0.25) is 9.69 Å². The molecule has 22 heavy (non-hydrogen) atoms. The van der Waals surface area contributed by atoms with Crippen molar-refractivity contribution < 1.29 is 9.53 Å². The second-order valence-corrected chi connectivity index (χ2v) is 6.32. The summed E-state index contributed by atoms with van der Waals surface area (Å²) >= 11 is 0. The third-order valence-corrected chi connectivity index (χ3v) is 4.23. The fourth-order valence-corrected chi connectivity index (χ4v) is 2.93. The zero-order valence-corrected chi connectivity index (χ0v) is 13.8. The number of anilines is 1. The summed E-state index contributed by atoms with van der Waals surface area (Å²) in [6.07, 6.45) is 1.17. The van der Waals surface area contributed by atoms with Gasteiger partial charge < -0.3 is 15.4 Å². The first-order valence-corrected chi connectivity index (χ1v) is 7.91. The van der Waals surface area contributed by atoms with E-state index in [-0.39, 0.29) is 11.3 Å². The van der Waals surface area contributed by atoms with Crippen LogP contribution in [0.5, 0.6) is 5.75 Å². The highest BCUT2D eigenvalue weighted by molar-refractivity contribution is 5.92. The van der Waals surface area contributed by atoms with Gasteiger partial charge in [-0.05, 0) is 37.1 Å². The van der Waals surface area contributed by atoms with Crippen molar-refractivity contribution in [2.24, 2.45) is 5.41 Å². The number of nitrogens with zero attached hydrogens (tertiary/aromatic N) is 1. The van der Waals surface area contributed by atoms with E-state index in [9.17, 15) is 4.79 Å². The molecule has 1 aromatic rings. The number of carbonyl (C=O) groups is 1. The molecule has 5 heteroatoms. The molecular formula is C17H27N3O2. The largest absolute Gasteiger partial charge is 0.497 e. The van der Waals surface area contributed by atoms with E-state index in [0.717, 1.165) is 37.6 Å². The first-order chi connectivity index (χ1) is 10.5. The van der Waals surface area contributed by atoms with E-state index < -0.39 is 0 Å².